The minimum Gasteiger partial charge on any atom is -0.272 e. The second-order valence-corrected chi connectivity index (χ2v) is 1.70. The molecule has 1 aliphatic rings. The molecule has 0 unspecified atom stereocenters. The Morgan fingerprint density at radius 1 is 1.25 bits per heavy atom. The van der Waals surface area contributed by atoms with E-state index in [0.717, 1.165) is 0 Å². The van der Waals surface area contributed by atoms with E-state index in [1.54, 1.807) is 6.92 Å². The van der Waals surface area contributed by atoms with E-state index >= 15 is 0 Å². The molecule has 1 aliphatic heterocycles. The Kier molecular flexibility index (Phi) is 0.932. The van der Waals surface area contributed by atoms with Crippen LogP contribution < -0.4 is 10.9 Å². The summed E-state index contributed by atoms with van der Waals surface area (Å²) >= 11 is 0. The van der Waals surface area contributed by atoms with Crippen LogP contribution >= 0.6 is 0 Å². The number of rotatable bonds is 0. The fourth-order valence-electron chi connectivity index (χ4n) is 0.459. The van der Waals surface area contributed by atoms with E-state index < -0.39 is 5.92 Å². The molecule has 0 saturated carbocycles. The van der Waals surface area contributed by atoms with Crippen LogP contribution in [0.5, 0.6) is 0 Å². The molecule has 0 aromatic carbocycles. The summed E-state index contributed by atoms with van der Waals surface area (Å²) < 4.78 is 0. The van der Waals surface area contributed by atoms with Gasteiger partial charge >= 0.3 is 0 Å². The largest absolute Gasteiger partial charge is 0.272 e. The number of amides is 2. The lowest BCUT2D eigenvalue weighted by molar-refractivity contribution is -0.127. The van der Waals surface area contributed by atoms with Crippen molar-refractivity contribution in [2.75, 3.05) is 0 Å². The normalized spacial score (nSPS) is 20.6. The maximum absolute atomic E-state index is 10.4. The highest BCUT2D eigenvalue weighted by atomic mass is 16.2. The maximum Gasteiger partial charge on any atom is 0.250 e. The fraction of sp³-hybridized carbons (Fsp3) is 0.500. The lowest BCUT2D eigenvalue weighted by atomic mass is 10.2. The summed E-state index contributed by atoms with van der Waals surface area (Å²) in [6.07, 6.45) is 0. The van der Waals surface area contributed by atoms with Gasteiger partial charge in [0.05, 0.1) is 0 Å². The number of hydrogen-bond acceptors (Lipinski definition) is 2. The van der Waals surface area contributed by atoms with Crippen LogP contribution in [0.3, 0.4) is 0 Å². The van der Waals surface area contributed by atoms with Crippen molar-refractivity contribution >= 4 is 11.8 Å². The van der Waals surface area contributed by atoms with Crippen molar-refractivity contribution in [3.05, 3.63) is 0 Å². The first-order chi connectivity index (χ1) is 3.72. The molecule has 1 rings (SSSR count). The van der Waals surface area contributed by atoms with Gasteiger partial charge in [-0.25, -0.2) is 0 Å². The molecule has 8 heavy (non-hydrogen) atoms. The number of nitrogens with one attached hydrogen (secondary N) is 2. The number of carbonyl (C=O) groups is 2. The topological polar surface area (TPSA) is 58.2 Å². The molecule has 44 valence electrons. The molecular weight excluding hydrogens is 108 g/mol. The van der Waals surface area contributed by atoms with Gasteiger partial charge in [-0.2, -0.15) is 0 Å². The lowest BCUT2D eigenvalue weighted by Gasteiger charge is -1.86. The molecule has 1 fully saturated rings. The molecule has 4 heteroatoms. The van der Waals surface area contributed by atoms with E-state index in [4.69, 9.17) is 0 Å². The van der Waals surface area contributed by atoms with Gasteiger partial charge in [-0.15, -0.1) is 0 Å². The predicted molar refractivity (Wildman–Crippen MR) is 25.4 cm³/mol. The third-order valence-electron chi connectivity index (χ3n) is 1.10. The van der Waals surface area contributed by atoms with E-state index in [1.165, 1.54) is 0 Å². The smallest absolute Gasteiger partial charge is 0.250 e. The molecule has 0 radical (unpaired) electrons. The Morgan fingerprint density at radius 2 is 1.62 bits per heavy atom. The summed E-state index contributed by atoms with van der Waals surface area (Å²) in [5.74, 6) is -1.03. The Hall–Kier alpha value is -1.06. The van der Waals surface area contributed by atoms with Gasteiger partial charge < -0.3 is 0 Å². The van der Waals surface area contributed by atoms with Crippen LogP contribution in [0.4, 0.5) is 0 Å². The second kappa shape index (κ2) is 1.47. The average molecular weight is 114 g/mol. The van der Waals surface area contributed by atoms with Crippen LogP contribution in [0.2, 0.25) is 0 Å². The van der Waals surface area contributed by atoms with Crippen molar-refractivity contribution in [3.63, 3.8) is 0 Å². The quantitative estimate of drug-likeness (QED) is 0.388. The highest BCUT2D eigenvalue weighted by Gasteiger charge is 2.27. The second-order valence-electron chi connectivity index (χ2n) is 1.70. The Balaban J connectivity index is 2.70. The fourth-order valence-corrected chi connectivity index (χ4v) is 0.459. The lowest BCUT2D eigenvalue weighted by Crippen LogP contribution is -2.28. The Labute approximate surface area is 46.2 Å². The van der Waals surface area contributed by atoms with Crippen molar-refractivity contribution in [3.8, 4) is 0 Å². The highest BCUT2D eigenvalue weighted by molar-refractivity contribution is 6.04. The van der Waals surface area contributed by atoms with Gasteiger partial charge in [0.15, 0.2) is 0 Å². The molecular formula is C4H6N2O2. The van der Waals surface area contributed by atoms with Crippen molar-refractivity contribution in [1.29, 1.82) is 0 Å². The summed E-state index contributed by atoms with van der Waals surface area (Å²) in [6, 6.07) is 0. The van der Waals surface area contributed by atoms with E-state index in [1.807, 2.05) is 0 Å². The number of hydrogen-bond donors (Lipinski definition) is 2. The molecule has 4 nitrogen and oxygen atoms in total. The van der Waals surface area contributed by atoms with Gasteiger partial charge in [-0.3, -0.25) is 20.4 Å². The van der Waals surface area contributed by atoms with Crippen molar-refractivity contribution in [2.24, 2.45) is 5.92 Å². The van der Waals surface area contributed by atoms with Crippen LogP contribution in [0, 0.1) is 5.92 Å². The van der Waals surface area contributed by atoms with Crippen molar-refractivity contribution < 1.29 is 9.59 Å². The van der Waals surface area contributed by atoms with Gasteiger partial charge in [0.1, 0.15) is 5.92 Å². The summed E-state index contributed by atoms with van der Waals surface area (Å²) in [7, 11) is 0. The van der Waals surface area contributed by atoms with Crippen LogP contribution in [0.1, 0.15) is 6.92 Å². The molecule has 0 aliphatic carbocycles. The monoisotopic (exact) mass is 114 g/mol. The van der Waals surface area contributed by atoms with E-state index in [2.05, 4.69) is 10.9 Å². The molecule has 0 aromatic heterocycles. The van der Waals surface area contributed by atoms with Gasteiger partial charge in [-0.1, -0.05) is 0 Å². The molecule has 0 spiro atoms. The van der Waals surface area contributed by atoms with Crippen molar-refractivity contribution in [1.82, 2.24) is 10.9 Å². The Bertz CT molecular complexity index is 127. The zero-order chi connectivity index (χ0) is 6.15. The zero-order valence-electron chi connectivity index (χ0n) is 4.39. The molecule has 1 saturated heterocycles. The SMILES string of the molecule is CC1C(=O)NNC1=O. The van der Waals surface area contributed by atoms with E-state index in [9.17, 15) is 9.59 Å². The standard InChI is InChI=1S/C4H6N2O2/c1-2-3(7)5-6-4(2)8/h2H,1H3,(H,5,7)(H,6,8). The third-order valence-corrected chi connectivity index (χ3v) is 1.10. The molecule has 0 atom stereocenters. The summed E-state index contributed by atoms with van der Waals surface area (Å²) in [6.45, 7) is 1.55. The average Bonchev–Trinajstić information content (AvgIpc) is 1.98. The molecule has 0 aromatic rings. The minimum atomic E-state index is -0.519. The van der Waals surface area contributed by atoms with Gasteiger partial charge in [0.25, 0.3) is 11.8 Å². The van der Waals surface area contributed by atoms with E-state index in [0.29, 0.717) is 0 Å². The van der Waals surface area contributed by atoms with Gasteiger partial charge in [0.2, 0.25) is 0 Å². The first-order valence-corrected chi connectivity index (χ1v) is 2.31. The molecule has 2 N–H and O–H groups in total. The molecule has 2 amide bonds. The first-order valence-electron chi connectivity index (χ1n) is 2.31. The summed E-state index contributed by atoms with van der Waals surface area (Å²) in [5, 5.41) is 0. The first kappa shape index (κ1) is 5.08. The van der Waals surface area contributed by atoms with Gasteiger partial charge in [-0.05, 0) is 6.92 Å². The zero-order valence-corrected chi connectivity index (χ0v) is 4.39. The molecule has 1 heterocycles. The van der Waals surface area contributed by atoms with Crippen molar-refractivity contribution in [2.45, 2.75) is 6.92 Å². The van der Waals surface area contributed by atoms with Crippen LogP contribution in [0.25, 0.3) is 0 Å². The summed E-state index contributed by atoms with van der Waals surface area (Å²) in [5.41, 5.74) is 4.36. The van der Waals surface area contributed by atoms with Crippen LogP contribution in [0.15, 0.2) is 0 Å². The molecule has 0 bridgehead atoms. The van der Waals surface area contributed by atoms with Crippen LogP contribution in [-0.2, 0) is 9.59 Å². The predicted octanol–water partition coefficient (Wildman–Crippen LogP) is -1.22. The van der Waals surface area contributed by atoms with Gasteiger partial charge in [0, 0.05) is 0 Å². The summed E-state index contributed by atoms with van der Waals surface area (Å²) in [4.78, 5) is 20.8. The third kappa shape index (κ3) is 0.538. The number of carbonyl (C=O) groups excluding carboxylic acids is 2. The highest BCUT2D eigenvalue weighted by Crippen LogP contribution is 1.97. The number of hydrazine groups is 1. The van der Waals surface area contributed by atoms with Crippen LogP contribution in [-0.4, -0.2) is 11.8 Å². The minimum absolute atomic E-state index is 0.255. The maximum atomic E-state index is 10.4. The van der Waals surface area contributed by atoms with E-state index in [-0.39, 0.29) is 11.8 Å². The Morgan fingerprint density at radius 3 is 1.75 bits per heavy atom.